The van der Waals surface area contributed by atoms with Gasteiger partial charge < -0.3 is 5.32 Å². The number of nitrogens with zero attached hydrogens (tertiary/aromatic N) is 3. The largest absolute Gasteiger partial charge is 0.307 e. The number of carbonyl (C=O) groups is 1. The van der Waals surface area contributed by atoms with Crippen molar-refractivity contribution in [3.8, 4) is 0 Å². The lowest BCUT2D eigenvalue weighted by Crippen LogP contribution is -2.14. The number of anilines is 1. The molecule has 0 saturated heterocycles. The summed E-state index contributed by atoms with van der Waals surface area (Å²) in [6.45, 7) is 1.89. The molecule has 23 heavy (non-hydrogen) atoms. The molecule has 2 heterocycles. The molecule has 5 nitrogen and oxygen atoms in total. The number of hydrogen-bond donors (Lipinski definition) is 1. The highest BCUT2D eigenvalue weighted by Gasteiger charge is 2.09. The average molecular weight is 324 g/mol. The van der Waals surface area contributed by atoms with Crippen LogP contribution in [0.25, 0.3) is 0 Å². The van der Waals surface area contributed by atoms with Gasteiger partial charge in [-0.15, -0.1) is 0 Å². The zero-order valence-electron chi connectivity index (χ0n) is 12.9. The number of rotatable bonds is 4. The van der Waals surface area contributed by atoms with E-state index in [4.69, 9.17) is 0 Å². The van der Waals surface area contributed by atoms with Gasteiger partial charge in [0.2, 0.25) is 0 Å². The fourth-order valence-corrected chi connectivity index (χ4v) is 2.89. The maximum Gasteiger partial charge on any atom is 0.256 e. The zero-order chi connectivity index (χ0) is 16.2. The van der Waals surface area contributed by atoms with Gasteiger partial charge in [-0.1, -0.05) is 17.8 Å². The van der Waals surface area contributed by atoms with Gasteiger partial charge in [0.05, 0.1) is 5.69 Å². The maximum atomic E-state index is 12.3. The first kappa shape index (κ1) is 15.3. The van der Waals surface area contributed by atoms with E-state index in [0.29, 0.717) is 11.4 Å². The van der Waals surface area contributed by atoms with Gasteiger partial charge in [-0.3, -0.25) is 9.48 Å². The Labute approximate surface area is 138 Å². The standard InChI is InChI=1S/C17H16N4OS/c1-12-11-15(21(2)20-12)19-17(22)13-6-8-14(9-7-13)23-16-5-3-4-10-18-16/h3-11H,1-2H3,(H,19,22). The highest BCUT2D eigenvalue weighted by Crippen LogP contribution is 2.25. The van der Waals surface area contributed by atoms with E-state index in [0.717, 1.165) is 15.6 Å². The Bertz CT molecular complexity index is 812. The lowest BCUT2D eigenvalue weighted by molar-refractivity contribution is 0.102. The number of pyridine rings is 1. The molecule has 2 aromatic heterocycles. The Hall–Kier alpha value is -2.60. The van der Waals surface area contributed by atoms with E-state index in [2.05, 4.69) is 15.4 Å². The molecule has 3 rings (SSSR count). The van der Waals surface area contributed by atoms with Gasteiger partial charge in [-0.2, -0.15) is 5.10 Å². The summed E-state index contributed by atoms with van der Waals surface area (Å²) in [5.41, 5.74) is 1.47. The van der Waals surface area contributed by atoms with Gasteiger partial charge in [0, 0.05) is 29.8 Å². The number of nitrogens with one attached hydrogen (secondary N) is 1. The number of aromatic nitrogens is 3. The number of benzene rings is 1. The van der Waals surface area contributed by atoms with Crippen LogP contribution in [0.5, 0.6) is 0 Å². The third-order valence-corrected chi connectivity index (χ3v) is 4.18. The quantitative estimate of drug-likeness (QED) is 0.797. The molecular weight excluding hydrogens is 308 g/mol. The number of carbonyl (C=O) groups excluding carboxylic acids is 1. The third kappa shape index (κ3) is 3.78. The van der Waals surface area contributed by atoms with Gasteiger partial charge in [-0.25, -0.2) is 4.98 Å². The van der Waals surface area contributed by atoms with Crippen LogP contribution in [0.15, 0.2) is 64.6 Å². The van der Waals surface area contributed by atoms with Crippen LogP contribution in [-0.2, 0) is 7.05 Å². The molecule has 0 saturated carbocycles. The summed E-state index contributed by atoms with van der Waals surface area (Å²) in [5, 5.41) is 8.00. The fourth-order valence-electron chi connectivity index (χ4n) is 2.12. The zero-order valence-corrected chi connectivity index (χ0v) is 13.7. The second kappa shape index (κ2) is 6.66. The fraction of sp³-hybridized carbons (Fsp3) is 0.118. The molecule has 1 aromatic carbocycles. The normalized spacial score (nSPS) is 10.5. The van der Waals surface area contributed by atoms with Crippen LogP contribution in [0.1, 0.15) is 16.1 Å². The van der Waals surface area contributed by atoms with E-state index < -0.39 is 0 Å². The SMILES string of the molecule is Cc1cc(NC(=O)c2ccc(Sc3ccccn3)cc2)n(C)n1. The van der Waals surface area contributed by atoms with E-state index in [9.17, 15) is 4.79 Å². The monoisotopic (exact) mass is 324 g/mol. The third-order valence-electron chi connectivity index (χ3n) is 3.22. The second-order valence-corrected chi connectivity index (χ2v) is 6.14. The topological polar surface area (TPSA) is 59.8 Å². The van der Waals surface area contributed by atoms with Crippen molar-refractivity contribution >= 4 is 23.5 Å². The summed E-state index contributed by atoms with van der Waals surface area (Å²) in [5.74, 6) is 0.529. The first-order valence-corrected chi connectivity index (χ1v) is 7.94. The molecule has 6 heteroatoms. The molecule has 116 valence electrons. The minimum absolute atomic E-state index is 0.151. The molecule has 0 radical (unpaired) electrons. The minimum atomic E-state index is -0.151. The van der Waals surface area contributed by atoms with Crippen LogP contribution in [0.4, 0.5) is 5.82 Å². The molecule has 0 atom stereocenters. The van der Waals surface area contributed by atoms with E-state index in [1.54, 1.807) is 29.7 Å². The second-order valence-electron chi connectivity index (χ2n) is 5.04. The highest BCUT2D eigenvalue weighted by molar-refractivity contribution is 7.99. The van der Waals surface area contributed by atoms with Crippen molar-refractivity contribution in [3.63, 3.8) is 0 Å². The van der Waals surface area contributed by atoms with Gasteiger partial charge in [0.1, 0.15) is 10.8 Å². The van der Waals surface area contributed by atoms with Crippen LogP contribution in [0.2, 0.25) is 0 Å². The predicted octanol–water partition coefficient (Wildman–Crippen LogP) is 3.53. The Morgan fingerprint density at radius 3 is 2.57 bits per heavy atom. The average Bonchev–Trinajstić information content (AvgIpc) is 2.86. The number of amides is 1. The van der Waals surface area contributed by atoms with Gasteiger partial charge in [0.15, 0.2) is 0 Å². The van der Waals surface area contributed by atoms with E-state index in [1.807, 2.05) is 55.5 Å². The van der Waals surface area contributed by atoms with Crippen molar-refractivity contribution in [3.05, 3.63) is 66.0 Å². The summed E-state index contributed by atoms with van der Waals surface area (Å²) in [6.07, 6.45) is 1.76. The molecule has 0 spiro atoms. The molecule has 0 aliphatic heterocycles. The van der Waals surface area contributed by atoms with Crippen molar-refractivity contribution in [2.75, 3.05) is 5.32 Å². The van der Waals surface area contributed by atoms with Crippen LogP contribution >= 0.6 is 11.8 Å². The van der Waals surface area contributed by atoms with Gasteiger partial charge >= 0.3 is 0 Å². The van der Waals surface area contributed by atoms with Crippen LogP contribution < -0.4 is 5.32 Å². The van der Waals surface area contributed by atoms with E-state index in [-0.39, 0.29) is 5.91 Å². The molecular formula is C17H16N4OS. The molecule has 0 bridgehead atoms. The van der Waals surface area contributed by atoms with Crippen molar-refractivity contribution in [2.45, 2.75) is 16.8 Å². The van der Waals surface area contributed by atoms with Crippen LogP contribution in [0, 0.1) is 6.92 Å². The van der Waals surface area contributed by atoms with E-state index in [1.165, 1.54) is 0 Å². The molecule has 0 unspecified atom stereocenters. The predicted molar refractivity (Wildman–Crippen MR) is 90.7 cm³/mol. The molecule has 1 amide bonds. The van der Waals surface area contributed by atoms with Gasteiger partial charge in [-0.05, 0) is 43.3 Å². The van der Waals surface area contributed by atoms with Gasteiger partial charge in [0.25, 0.3) is 5.91 Å². The molecule has 0 fully saturated rings. The lowest BCUT2D eigenvalue weighted by Gasteiger charge is -2.06. The molecule has 0 aliphatic carbocycles. The summed E-state index contributed by atoms with van der Waals surface area (Å²) < 4.78 is 1.65. The smallest absolute Gasteiger partial charge is 0.256 e. The molecule has 0 aliphatic rings. The number of hydrogen-bond acceptors (Lipinski definition) is 4. The van der Waals surface area contributed by atoms with Crippen molar-refractivity contribution in [2.24, 2.45) is 7.05 Å². The first-order chi connectivity index (χ1) is 11.1. The Kier molecular flexibility index (Phi) is 4.43. The molecule has 1 N–H and O–H groups in total. The van der Waals surface area contributed by atoms with Crippen LogP contribution in [-0.4, -0.2) is 20.7 Å². The van der Waals surface area contributed by atoms with Crippen molar-refractivity contribution < 1.29 is 4.79 Å². The highest BCUT2D eigenvalue weighted by atomic mass is 32.2. The number of aryl methyl sites for hydroxylation is 2. The minimum Gasteiger partial charge on any atom is -0.307 e. The van der Waals surface area contributed by atoms with Crippen LogP contribution in [0.3, 0.4) is 0 Å². The molecule has 3 aromatic rings. The Morgan fingerprint density at radius 1 is 1.17 bits per heavy atom. The summed E-state index contributed by atoms with van der Waals surface area (Å²) in [7, 11) is 1.80. The summed E-state index contributed by atoms with van der Waals surface area (Å²) >= 11 is 1.56. The summed E-state index contributed by atoms with van der Waals surface area (Å²) in [4.78, 5) is 17.6. The van der Waals surface area contributed by atoms with Crippen molar-refractivity contribution in [1.29, 1.82) is 0 Å². The first-order valence-electron chi connectivity index (χ1n) is 7.13. The maximum absolute atomic E-state index is 12.3. The Balaban J connectivity index is 1.69. The Morgan fingerprint density at radius 2 is 1.96 bits per heavy atom. The van der Waals surface area contributed by atoms with Crippen molar-refractivity contribution in [1.82, 2.24) is 14.8 Å². The van der Waals surface area contributed by atoms with E-state index >= 15 is 0 Å². The lowest BCUT2D eigenvalue weighted by atomic mass is 10.2. The summed E-state index contributed by atoms with van der Waals surface area (Å²) in [6, 6.07) is 15.1.